The lowest BCUT2D eigenvalue weighted by Gasteiger charge is -2.33. The zero-order valence-electron chi connectivity index (χ0n) is 29.5. The van der Waals surface area contributed by atoms with Crippen molar-refractivity contribution < 1.29 is 44.9 Å². The highest BCUT2D eigenvalue weighted by Gasteiger charge is 2.42. The monoisotopic (exact) mass is 659 g/mol. The molecule has 272 valence electrons. The van der Waals surface area contributed by atoms with Crippen LogP contribution in [0.4, 0.5) is 0 Å². The summed E-state index contributed by atoms with van der Waals surface area (Å²) in [6.45, 7) is 7.79. The van der Waals surface area contributed by atoms with Gasteiger partial charge in [-0.05, 0) is 69.1 Å². The number of hydrogen-bond donors (Lipinski definition) is 6. The van der Waals surface area contributed by atoms with Crippen molar-refractivity contribution in [3.05, 3.63) is 12.2 Å². The maximum absolute atomic E-state index is 12.7. The van der Waals surface area contributed by atoms with Gasteiger partial charge in [0.05, 0.1) is 37.9 Å². The van der Waals surface area contributed by atoms with Crippen molar-refractivity contribution in [2.45, 2.75) is 173 Å². The largest absolute Gasteiger partial charge is 0.457 e. The number of esters is 1. The number of carbonyl (C=O) groups is 1. The Hall–Kier alpha value is -1.07. The van der Waals surface area contributed by atoms with Gasteiger partial charge in [0.15, 0.2) is 6.10 Å². The molecule has 5 unspecified atom stereocenters. The van der Waals surface area contributed by atoms with Gasteiger partial charge in [0.25, 0.3) is 0 Å². The van der Waals surface area contributed by atoms with Crippen molar-refractivity contribution in [3.63, 3.8) is 0 Å². The minimum absolute atomic E-state index is 0.0289. The molecule has 1 heterocycles. The molecular weight excluding hydrogens is 588 g/mol. The molecule has 1 saturated carbocycles. The molecule has 0 spiro atoms. The summed E-state index contributed by atoms with van der Waals surface area (Å²) in [5, 5.41) is 58.0. The summed E-state index contributed by atoms with van der Waals surface area (Å²) in [6.07, 6.45) is 17.1. The van der Waals surface area contributed by atoms with Gasteiger partial charge in [-0.3, -0.25) is 4.79 Å². The van der Waals surface area contributed by atoms with Gasteiger partial charge in [-0.2, -0.15) is 0 Å². The average molecular weight is 659 g/mol. The Labute approximate surface area is 279 Å². The number of aliphatic hydroxyl groups excluding tert-OH is 6. The summed E-state index contributed by atoms with van der Waals surface area (Å²) >= 11 is 0. The molecule has 1 saturated heterocycles. The Morgan fingerprint density at radius 2 is 1.48 bits per heavy atom. The van der Waals surface area contributed by atoms with E-state index in [1.54, 1.807) is 0 Å². The molecule has 6 N–H and O–H groups in total. The first-order valence-corrected chi connectivity index (χ1v) is 18.5. The van der Waals surface area contributed by atoms with E-state index in [-0.39, 0.29) is 19.1 Å². The van der Waals surface area contributed by atoms with E-state index in [0.717, 1.165) is 50.9 Å². The Kier molecular flexibility index (Phi) is 24.2. The van der Waals surface area contributed by atoms with Crippen molar-refractivity contribution in [1.82, 2.24) is 0 Å². The molecule has 1 aliphatic carbocycles. The Balaban J connectivity index is 0.000000804. The maximum atomic E-state index is 12.7. The van der Waals surface area contributed by atoms with Crippen LogP contribution in [0, 0.1) is 23.7 Å². The fourth-order valence-corrected chi connectivity index (χ4v) is 6.58. The number of ether oxygens (including phenoxy) is 2. The highest BCUT2D eigenvalue weighted by Crippen LogP contribution is 2.33. The van der Waals surface area contributed by atoms with Gasteiger partial charge in [0.1, 0.15) is 18.3 Å². The minimum Gasteiger partial charge on any atom is -0.457 e. The average Bonchev–Trinajstić information content (AvgIpc) is 3.36. The zero-order chi connectivity index (χ0) is 34.3. The van der Waals surface area contributed by atoms with Gasteiger partial charge in [-0.15, -0.1) is 0 Å². The second-order valence-electron chi connectivity index (χ2n) is 14.2. The van der Waals surface area contributed by atoms with Crippen LogP contribution < -0.4 is 0 Å². The van der Waals surface area contributed by atoms with Crippen LogP contribution in [0.1, 0.15) is 137 Å². The Morgan fingerprint density at radius 3 is 2.00 bits per heavy atom. The van der Waals surface area contributed by atoms with Crippen LogP contribution in [0.3, 0.4) is 0 Å². The molecule has 0 amide bonds. The number of hydrogen-bond acceptors (Lipinski definition) is 9. The molecule has 1 aliphatic heterocycles. The highest BCUT2D eigenvalue weighted by atomic mass is 16.6. The lowest BCUT2D eigenvalue weighted by atomic mass is 9.75. The third-order valence-corrected chi connectivity index (χ3v) is 9.66. The molecule has 46 heavy (non-hydrogen) atoms. The predicted molar refractivity (Wildman–Crippen MR) is 182 cm³/mol. The van der Waals surface area contributed by atoms with Crippen LogP contribution in [-0.4, -0.2) is 93.1 Å². The van der Waals surface area contributed by atoms with Crippen LogP contribution in [0.15, 0.2) is 12.2 Å². The molecule has 9 atom stereocenters. The maximum Gasteiger partial charge on any atom is 0.309 e. The Bertz CT molecular complexity index is 776. The minimum atomic E-state index is -1.25. The van der Waals surface area contributed by atoms with Crippen LogP contribution in [0.5, 0.6) is 0 Å². The molecule has 0 aromatic heterocycles. The normalized spacial score (nSPS) is 26.9. The molecule has 0 radical (unpaired) electrons. The predicted octanol–water partition coefficient (Wildman–Crippen LogP) is 5.46. The van der Waals surface area contributed by atoms with E-state index in [1.165, 1.54) is 51.4 Å². The second kappa shape index (κ2) is 25.9. The summed E-state index contributed by atoms with van der Waals surface area (Å²) in [4.78, 5) is 12.7. The number of rotatable bonds is 22. The number of aliphatic hydroxyl groups is 6. The smallest absolute Gasteiger partial charge is 0.309 e. The van der Waals surface area contributed by atoms with Gasteiger partial charge in [0.2, 0.25) is 0 Å². The van der Waals surface area contributed by atoms with E-state index in [2.05, 4.69) is 39.8 Å². The third-order valence-electron chi connectivity index (χ3n) is 9.66. The molecule has 9 heteroatoms. The van der Waals surface area contributed by atoms with Gasteiger partial charge >= 0.3 is 5.97 Å². The van der Waals surface area contributed by atoms with Gasteiger partial charge < -0.3 is 40.1 Å². The fourth-order valence-electron chi connectivity index (χ4n) is 6.58. The van der Waals surface area contributed by atoms with Crippen LogP contribution in [0.25, 0.3) is 0 Å². The molecule has 2 rings (SSSR count). The molecule has 0 bridgehead atoms. The lowest BCUT2D eigenvalue weighted by Crippen LogP contribution is -2.44. The molecule has 2 fully saturated rings. The fraction of sp³-hybridized carbons (Fsp3) is 0.919. The first-order chi connectivity index (χ1) is 22.0. The second-order valence-corrected chi connectivity index (χ2v) is 14.2. The molecule has 2 aliphatic rings. The van der Waals surface area contributed by atoms with E-state index in [9.17, 15) is 35.4 Å². The summed E-state index contributed by atoms with van der Waals surface area (Å²) in [5.41, 5.74) is 0. The van der Waals surface area contributed by atoms with E-state index in [1.807, 2.05) is 0 Å². The van der Waals surface area contributed by atoms with Gasteiger partial charge in [-0.1, -0.05) is 97.6 Å². The van der Waals surface area contributed by atoms with E-state index >= 15 is 0 Å². The van der Waals surface area contributed by atoms with Crippen molar-refractivity contribution in [2.75, 3.05) is 19.8 Å². The van der Waals surface area contributed by atoms with Crippen LogP contribution >= 0.6 is 0 Å². The van der Waals surface area contributed by atoms with Gasteiger partial charge in [0, 0.05) is 0 Å². The summed E-state index contributed by atoms with van der Waals surface area (Å²) in [7, 11) is 0. The van der Waals surface area contributed by atoms with Crippen molar-refractivity contribution >= 4 is 5.97 Å². The van der Waals surface area contributed by atoms with E-state index in [0.29, 0.717) is 18.3 Å². The zero-order valence-corrected chi connectivity index (χ0v) is 29.5. The summed E-state index contributed by atoms with van der Waals surface area (Å²) in [6, 6.07) is 0. The Morgan fingerprint density at radius 1 is 0.870 bits per heavy atom. The van der Waals surface area contributed by atoms with Gasteiger partial charge in [-0.25, -0.2) is 0 Å². The third kappa shape index (κ3) is 17.9. The van der Waals surface area contributed by atoms with Crippen molar-refractivity contribution in [1.29, 1.82) is 0 Å². The first-order valence-electron chi connectivity index (χ1n) is 18.5. The quantitative estimate of drug-likeness (QED) is 0.0505. The van der Waals surface area contributed by atoms with Crippen molar-refractivity contribution in [2.24, 2.45) is 23.7 Å². The van der Waals surface area contributed by atoms with E-state index in [4.69, 9.17) is 9.47 Å². The first kappa shape index (κ1) is 43.0. The molecule has 0 aromatic rings. The summed E-state index contributed by atoms with van der Waals surface area (Å²) in [5.74, 6) is 0.710. The van der Waals surface area contributed by atoms with E-state index < -0.39 is 55.6 Å². The standard InChI is InChI=1S/C27H50O8.C10H20O/c1-2-3-4-5-6-7-8-9-10-11-12-13-14-15-16-21(17-22(30)18-28)27(33)35-24(19-29)26-25(32)23(31)20-34-26;1-7(2)9-5-4-8(3)6-10(9)11/h9-10,21-26,28-32H,2-8,11-20H2,1H3;7-11H,4-6H2,1-3H3/b10-9-;/t21?,22?,23-,24+,25+,26+;/m0./s1. The SMILES string of the molecule is CC1CCC(C(C)C)C(O)C1.CCCCCCCC/C=C\CCCCCCC(CC(O)CO)C(=O)O[C@H](CO)[C@H]1OC[C@H](O)[C@H]1O. The number of allylic oxidation sites excluding steroid dienone is 2. The molecule has 9 nitrogen and oxygen atoms in total. The van der Waals surface area contributed by atoms with Crippen LogP contribution in [-0.2, 0) is 14.3 Å². The molecular formula is C37H70O9. The summed E-state index contributed by atoms with van der Waals surface area (Å²) < 4.78 is 10.7. The molecule has 0 aromatic carbocycles. The topological polar surface area (TPSA) is 157 Å². The number of carbonyl (C=O) groups excluding carboxylic acids is 1. The lowest BCUT2D eigenvalue weighted by molar-refractivity contribution is -0.169. The van der Waals surface area contributed by atoms with Crippen LogP contribution in [0.2, 0.25) is 0 Å². The highest BCUT2D eigenvalue weighted by molar-refractivity contribution is 5.72. The van der Waals surface area contributed by atoms with Crippen molar-refractivity contribution in [3.8, 4) is 0 Å². The number of unbranched alkanes of at least 4 members (excludes halogenated alkanes) is 10.